The van der Waals surface area contributed by atoms with Gasteiger partial charge in [0.15, 0.2) is 0 Å². The van der Waals surface area contributed by atoms with Gasteiger partial charge in [0.2, 0.25) is 0 Å². The number of allylic oxidation sites excluding steroid dienone is 1. The Balaban J connectivity index is 1.51. The van der Waals surface area contributed by atoms with Gasteiger partial charge in [-0.25, -0.2) is 9.59 Å². The second kappa shape index (κ2) is 10.8. The van der Waals surface area contributed by atoms with E-state index in [0.29, 0.717) is 26.9 Å². The quantitative estimate of drug-likeness (QED) is 0.415. The van der Waals surface area contributed by atoms with Gasteiger partial charge in [-0.1, -0.05) is 36.4 Å². The Morgan fingerprint density at radius 3 is 2.32 bits per heavy atom. The van der Waals surface area contributed by atoms with Crippen LogP contribution in [-0.2, 0) is 19.0 Å². The number of hydrogen-bond acceptors (Lipinski definition) is 7. The zero-order chi connectivity index (χ0) is 24.1. The highest BCUT2D eigenvalue weighted by Gasteiger charge is 2.43. The Hall–Kier alpha value is -3.18. The van der Waals surface area contributed by atoms with E-state index in [-0.39, 0.29) is 12.5 Å². The maximum Gasteiger partial charge on any atom is 0.338 e. The van der Waals surface area contributed by atoms with Crippen molar-refractivity contribution in [3.63, 3.8) is 0 Å². The van der Waals surface area contributed by atoms with Gasteiger partial charge in [0.25, 0.3) is 5.91 Å². The van der Waals surface area contributed by atoms with E-state index in [1.807, 2.05) is 34.7 Å². The maximum atomic E-state index is 12.7. The molecule has 1 amide bonds. The number of carbonyl (C=O) groups excluding carboxylic acids is 3. The van der Waals surface area contributed by atoms with Crippen molar-refractivity contribution >= 4 is 40.4 Å². The Morgan fingerprint density at radius 2 is 1.71 bits per heavy atom. The van der Waals surface area contributed by atoms with Gasteiger partial charge in [-0.05, 0) is 59.9 Å². The third-order valence-corrected chi connectivity index (χ3v) is 6.18. The molecule has 2 aromatic carbocycles. The minimum Gasteiger partial charge on any atom is -0.459 e. The highest BCUT2D eigenvalue weighted by molar-refractivity contribution is 14.1. The number of carbonyl (C=O) groups is 3. The molecular formula is C25H23IN2O6. The summed E-state index contributed by atoms with van der Waals surface area (Å²) in [5, 5.41) is 2.81. The number of halogens is 1. The largest absolute Gasteiger partial charge is 0.459 e. The number of esters is 2. The van der Waals surface area contributed by atoms with Crippen molar-refractivity contribution in [3.05, 3.63) is 93.5 Å². The molecule has 0 saturated carbocycles. The summed E-state index contributed by atoms with van der Waals surface area (Å²) < 4.78 is 17.9. The average Bonchev–Trinajstić information content (AvgIpc) is 3.27. The molecule has 9 heteroatoms. The Labute approximate surface area is 210 Å². The standard InChI is InChI=1S/C25H23IN2O6/c1-2-21-27-23(29)18(26)14-28(21)22-13-19(34-25(31)17-11-7-4-8-12-17)20(33-22)15-32-24(30)16-9-5-3-6-10-16/h2-12,14,19-20,22H,13,15H2,1H3,(H,27,29). The monoisotopic (exact) mass is 574 g/mol. The van der Waals surface area contributed by atoms with Crippen molar-refractivity contribution in [1.82, 2.24) is 10.2 Å². The van der Waals surface area contributed by atoms with Gasteiger partial charge >= 0.3 is 11.9 Å². The number of nitrogens with zero attached hydrogens (tertiary/aromatic N) is 1. The molecule has 4 rings (SSSR count). The molecule has 0 bridgehead atoms. The lowest BCUT2D eigenvalue weighted by atomic mass is 10.1. The second-order valence-corrected chi connectivity index (χ2v) is 8.81. The minimum atomic E-state index is -0.688. The van der Waals surface area contributed by atoms with Crippen molar-refractivity contribution in [2.24, 2.45) is 0 Å². The molecule has 2 aromatic rings. The predicted molar refractivity (Wildman–Crippen MR) is 131 cm³/mol. The molecule has 0 aliphatic carbocycles. The van der Waals surface area contributed by atoms with E-state index >= 15 is 0 Å². The first kappa shape index (κ1) is 24.0. The zero-order valence-electron chi connectivity index (χ0n) is 18.3. The summed E-state index contributed by atoms with van der Waals surface area (Å²) in [6, 6.07) is 17.3. The van der Waals surface area contributed by atoms with E-state index in [1.165, 1.54) is 0 Å². The highest BCUT2D eigenvalue weighted by atomic mass is 127. The van der Waals surface area contributed by atoms with Gasteiger partial charge in [0.05, 0.1) is 14.7 Å². The van der Waals surface area contributed by atoms with Gasteiger partial charge in [-0.15, -0.1) is 0 Å². The molecule has 176 valence electrons. The molecule has 1 fully saturated rings. The van der Waals surface area contributed by atoms with Crippen LogP contribution in [0, 0.1) is 0 Å². The van der Waals surface area contributed by atoms with E-state index in [9.17, 15) is 14.4 Å². The summed E-state index contributed by atoms with van der Waals surface area (Å²) in [5.41, 5.74) is 0.835. The lowest BCUT2D eigenvalue weighted by molar-refractivity contribution is -0.118. The van der Waals surface area contributed by atoms with E-state index in [1.54, 1.807) is 72.6 Å². The van der Waals surface area contributed by atoms with Crippen molar-refractivity contribution in [2.75, 3.05) is 6.61 Å². The van der Waals surface area contributed by atoms with E-state index in [0.717, 1.165) is 0 Å². The Morgan fingerprint density at radius 1 is 1.09 bits per heavy atom. The predicted octanol–water partition coefficient (Wildman–Crippen LogP) is 3.75. The average molecular weight is 574 g/mol. The number of rotatable bonds is 6. The number of nitrogens with one attached hydrogen (secondary N) is 1. The molecule has 3 atom stereocenters. The van der Waals surface area contributed by atoms with Crippen LogP contribution in [0.5, 0.6) is 0 Å². The molecule has 0 spiro atoms. The fourth-order valence-corrected chi connectivity index (χ4v) is 4.13. The molecule has 1 N–H and O–H groups in total. The molecular weight excluding hydrogens is 551 g/mol. The molecule has 34 heavy (non-hydrogen) atoms. The van der Waals surface area contributed by atoms with Crippen LogP contribution < -0.4 is 5.32 Å². The van der Waals surface area contributed by atoms with Crippen LogP contribution in [0.15, 0.2) is 82.3 Å². The number of benzene rings is 2. The van der Waals surface area contributed by atoms with Gasteiger partial charge in [-0.3, -0.25) is 4.79 Å². The zero-order valence-corrected chi connectivity index (χ0v) is 20.5. The molecule has 2 heterocycles. The first-order chi connectivity index (χ1) is 16.5. The Bertz CT molecular complexity index is 1120. The SMILES string of the molecule is CC=C1NC(=O)C(I)=CN1C1CC(OC(=O)c2ccccc2)C(COC(=O)c2ccccc2)O1. The van der Waals surface area contributed by atoms with Crippen LogP contribution in [0.2, 0.25) is 0 Å². The first-order valence-electron chi connectivity index (χ1n) is 10.7. The third-order valence-electron chi connectivity index (χ3n) is 5.41. The number of hydrogen-bond donors (Lipinski definition) is 1. The summed E-state index contributed by atoms with van der Waals surface area (Å²) in [4.78, 5) is 39.0. The van der Waals surface area contributed by atoms with Crippen LogP contribution in [0.1, 0.15) is 34.1 Å². The molecule has 2 aliphatic rings. The fourth-order valence-electron chi connectivity index (χ4n) is 3.69. The van der Waals surface area contributed by atoms with Crippen LogP contribution in [0.3, 0.4) is 0 Å². The smallest absolute Gasteiger partial charge is 0.338 e. The normalized spacial score (nSPS) is 23.3. The molecule has 0 radical (unpaired) electrons. The highest BCUT2D eigenvalue weighted by Crippen LogP contribution is 2.31. The topological polar surface area (TPSA) is 94.2 Å². The van der Waals surface area contributed by atoms with Crippen molar-refractivity contribution in [1.29, 1.82) is 0 Å². The number of amides is 1. The summed E-state index contributed by atoms with van der Waals surface area (Å²) >= 11 is 1.95. The lowest BCUT2D eigenvalue weighted by Crippen LogP contribution is -2.42. The third kappa shape index (κ3) is 5.48. The van der Waals surface area contributed by atoms with Crippen LogP contribution in [0.25, 0.3) is 0 Å². The molecule has 8 nitrogen and oxygen atoms in total. The van der Waals surface area contributed by atoms with Crippen LogP contribution in [-0.4, -0.2) is 47.8 Å². The summed E-state index contributed by atoms with van der Waals surface area (Å²) in [5.74, 6) is -0.624. The van der Waals surface area contributed by atoms with Crippen LogP contribution >= 0.6 is 22.6 Å². The van der Waals surface area contributed by atoms with Crippen molar-refractivity contribution in [2.45, 2.75) is 31.8 Å². The summed E-state index contributed by atoms with van der Waals surface area (Å²) in [6.45, 7) is 1.71. The Kier molecular flexibility index (Phi) is 7.63. The molecule has 2 aliphatic heterocycles. The molecule has 3 unspecified atom stereocenters. The minimum absolute atomic E-state index is 0.0941. The lowest BCUT2D eigenvalue weighted by Gasteiger charge is -2.32. The molecule has 0 aromatic heterocycles. The maximum absolute atomic E-state index is 12.7. The van der Waals surface area contributed by atoms with Crippen LogP contribution in [0.4, 0.5) is 0 Å². The van der Waals surface area contributed by atoms with E-state index < -0.39 is 30.4 Å². The fraction of sp³-hybridized carbons (Fsp3) is 0.240. The summed E-state index contributed by atoms with van der Waals surface area (Å²) in [6.07, 6.45) is 1.88. The van der Waals surface area contributed by atoms with E-state index in [2.05, 4.69) is 5.32 Å². The van der Waals surface area contributed by atoms with Gasteiger partial charge in [0, 0.05) is 12.6 Å². The van der Waals surface area contributed by atoms with Gasteiger partial charge in [0.1, 0.15) is 30.9 Å². The van der Waals surface area contributed by atoms with E-state index in [4.69, 9.17) is 14.2 Å². The first-order valence-corrected chi connectivity index (χ1v) is 11.8. The number of ether oxygens (including phenoxy) is 3. The van der Waals surface area contributed by atoms with Gasteiger partial charge in [-0.2, -0.15) is 0 Å². The molecule has 1 saturated heterocycles. The van der Waals surface area contributed by atoms with Crippen molar-refractivity contribution < 1.29 is 28.6 Å². The second-order valence-electron chi connectivity index (χ2n) is 7.65. The van der Waals surface area contributed by atoms with Gasteiger partial charge < -0.3 is 24.4 Å². The van der Waals surface area contributed by atoms with Crippen molar-refractivity contribution in [3.8, 4) is 0 Å². The summed E-state index contributed by atoms with van der Waals surface area (Å²) in [7, 11) is 0.